The van der Waals surface area contributed by atoms with Gasteiger partial charge in [0.15, 0.2) is 0 Å². The van der Waals surface area contributed by atoms with Gasteiger partial charge in [0.25, 0.3) is 0 Å². The van der Waals surface area contributed by atoms with E-state index in [1.165, 1.54) is 19.3 Å². The molecule has 2 saturated carbocycles. The third kappa shape index (κ3) is 1.60. The molecule has 0 aliphatic heterocycles. The molecule has 0 unspecified atom stereocenters. The predicted octanol–water partition coefficient (Wildman–Crippen LogP) is 3.61. The largest absolute Gasteiger partial charge is 0.0625 e. The third-order valence-electron chi connectivity index (χ3n) is 3.80. The summed E-state index contributed by atoms with van der Waals surface area (Å²) in [5.74, 6) is 3.31. The maximum Gasteiger partial charge on any atom is -0.0383 e. The fourth-order valence-corrected chi connectivity index (χ4v) is 3.11. The van der Waals surface area contributed by atoms with Crippen molar-refractivity contribution in [1.29, 1.82) is 0 Å². The van der Waals surface area contributed by atoms with Crippen LogP contribution in [0.2, 0.25) is 0 Å². The third-order valence-corrected chi connectivity index (χ3v) is 3.80. The van der Waals surface area contributed by atoms with Crippen LogP contribution in [0.15, 0.2) is 0 Å². The van der Waals surface area contributed by atoms with Gasteiger partial charge in [-0.05, 0) is 30.6 Å². The first-order chi connectivity index (χ1) is 5.36. The average Bonchev–Trinajstić information content (AvgIpc) is 2.55. The fourth-order valence-electron chi connectivity index (χ4n) is 3.11. The minimum atomic E-state index is 1.04. The lowest BCUT2D eigenvalue weighted by Crippen LogP contribution is -2.07. The van der Waals surface area contributed by atoms with Crippen LogP contribution >= 0.6 is 0 Å². The van der Waals surface area contributed by atoms with Crippen molar-refractivity contribution < 1.29 is 0 Å². The first kappa shape index (κ1) is 7.64. The zero-order chi connectivity index (χ0) is 7.68. The van der Waals surface area contributed by atoms with Gasteiger partial charge in [-0.1, -0.05) is 39.0 Å². The van der Waals surface area contributed by atoms with E-state index in [4.69, 9.17) is 0 Å². The second-order valence-electron chi connectivity index (χ2n) is 4.72. The summed E-state index contributed by atoms with van der Waals surface area (Å²) in [7, 11) is 0. The second kappa shape index (κ2) is 3.16. The highest BCUT2D eigenvalue weighted by Gasteiger charge is 2.30. The highest BCUT2D eigenvalue weighted by Crippen LogP contribution is 2.42. The summed E-state index contributed by atoms with van der Waals surface area (Å²) in [5.41, 5.74) is 0. The number of rotatable bonds is 1. The Kier molecular flexibility index (Phi) is 2.20. The Balaban J connectivity index is 1.85. The molecular formula is C11H20. The Morgan fingerprint density at radius 3 is 2.09 bits per heavy atom. The van der Waals surface area contributed by atoms with Crippen LogP contribution in [-0.4, -0.2) is 0 Å². The van der Waals surface area contributed by atoms with Crippen LogP contribution in [0.25, 0.3) is 0 Å². The van der Waals surface area contributed by atoms with Crippen molar-refractivity contribution in [2.45, 2.75) is 51.9 Å². The van der Waals surface area contributed by atoms with Crippen LogP contribution < -0.4 is 0 Å². The number of hydrogen-bond donors (Lipinski definition) is 0. The van der Waals surface area contributed by atoms with Gasteiger partial charge < -0.3 is 0 Å². The molecule has 0 heterocycles. The van der Waals surface area contributed by atoms with E-state index in [2.05, 4.69) is 6.92 Å². The van der Waals surface area contributed by atoms with E-state index < -0.39 is 0 Å². The van der Waals surface area contributed by atoms with Crippen LogP contribution in [0, 0.1) is 17.8 Å². The molecule has 0 heteroatoms. The molecule has 2 aliphatic carbocycles. The SMILES string of the molecule is C[C@@H]1CC[C@H](C2CCCC2)C1. The van der Waals surface area contributed by atoms with E-state index >= 15 is 0 Å². The van der Waals surface area contributed by atoms with Gasteiger partial charge >= 0.3 is 0 Å². The Bertz CT molecular complexity index is 122. The van der Waals surface area contributed by atoms with Gasteiger partial charge in [0, 0.05) is 0 Å². The highest BCUT2D eigenvalue weighted by molar-refractivity contribution is 4.81. The van der Waals surface area contributed by atoms with Crippen molar-refractivity contribution in [2.75, 3.05) is 0 Å². The molecule has 0 spiro atoms. The molecule has 0 aromatic carbocycles. The first-order valence-electron chi connectivity index (χ1n) is 5.36. The van der Waals surface area contributed by atoms with Crippen LogP contribution in [0.5, 0.6) is 0 Å². The summed E-state index contributed by atoms with van der Waals surface area (Å²) in [5, 5.41) is 0. The van der Waals surface area contributed by atoms with E-state index in [-0.39, 0.29) is 0 Å². The predicted molar refractivity (Wildman–Crippen MR) is 48.5 cm³/mol. The lowest BCUT2D eigenvalue weighted by Gasteiger charge is -2.16. The molecular weight excluding hydrogens is 132 g/mol. The van der Waals surface area contributed by atoms with Crippen LogP contribution in [0.4, 0.5) is 0 Å². The summed E-state index contributed by atoms with van der Waals surface area (Å²) >= 11 is 0. The molecule has 0 aromatic rings. The van der Waals surface area contributed by atoms with Crippen LogP contribution in [0.3, 0.4) is 0 Å². The van der Waals surface area contributed by atoms with Gasteiger partial charge in [0.1, 0.15) is 0 Å². The Hall–Kier alpha value is 0. The van der Waals surface area contributed by atoms with Gasteiger partial charge in [-0.2, -0.15) is 0 Å². The van der Waals surface area contributed by atoms with Crippen molar-refractivity contribution in [3.05, 3.63) is 0 Å². The standard InChI is InChI=1S/C11H20/c1-9-6-7-11(8-9)10-4-2-3-5-10/h9-11H,2-8H2,1H3/t9-,11+/m1/s1. The molecule has 0 radical (unpaired) electrons. The van der Waals surface area contributed by atoms with E-state index in [9.17, 15) is 0 Å². The Labute approximate surface area is 70.4 Å². The Morgan fingerprint density at radius 2 is 1.55 bits per heavy atom. The van der Waals surface area contributed by atoms with Gasteiger partial charge in [-0.3, -0.25) is 0 Å². The van der Waals surface area contributed by atoms with Crippen LogP contribution in [-0.2, 0) is 0 Å². The highest BCUT2D eigenvalue weighted by atomic mass is 14.4. The fraction of sp³-hybridized carbons (Fsp3) is 1.00. The molecule has 11 heavy (non-hydrogen) atoms. The van der Waals surface area contributed by atoms with Gasteiger partial charge in [0.2, 0.25) is 0 Å². The molecule has 2 atom stereocenters. The zero-order valence-corrected chi connectivity index (χ0v) is 7.68. The topological polar surface area (TPSA) is 0 Å². The minimum absolute atomic E-state index is 1.04. The zero-order valence-electron chi connectivity index (χ0n) is 7.68. The van der Waals surface area contributed by atoms with E-state index in [0.29, 0.717) is 0 Å². The average molecular weight is 152 g/mol. The molecule has 0 saturated heterocycles. The van der Waals surface area contributed by atoms with Crippen molar-refractivity contribution in [3.63, 3.8) is 0 Å². The van der Waals surface area contributed by atoms with Crippen molar-refractivity contribution in [3.8, 4) is 0 Å². The molecule has 2 aliphatic rings. The summed E-state index contributed by atoms with van der Waals surface area (Å²) in [6.45, 7) is 2.43. The normalized spacial score (nSPS) is 40.1. The first-order valence-corrected chi connectivity index (χ1v) is 5.36. The molecule has 0 nitrogen and oxygen atoms in total. The Morgan fingerprint density at radius 1 is 0.818 bits per heavy atom. The molecule has 64 valence electrons. The van der Waals surface area contributed by atoms with Crippen LogP contribution in [0.1, 0.15) is 51.9 Å². The summed E-state index contributed by atoms with van der Waals surface area (Å²) in [6, 6.07) is 0. The summed E-state index contributed by atoms with van der Waals surface area (Å²) in [6.07, 6.45) is 10.8. The summed E-state index contributed by atoms with van der Waals surface area (Å²) < 4.78 is 0. The van der Waals surface area contributed by atoms with Crippen molar-refractivity contribution >= 4 is 0 Å². The second-order valence-corrected chi connectivity index (χ2v) is 4.72. The van der Waals surface area contributed by atoms with E-state index in [0.717, 1.165) is 17.8 Å². The molecule has 0 N–H and O–H groups in total. The minimum Gasteiger partial charge on any atom is -0.0625 e. The quantitative estimate of drug-likeness (QED) is 0.538. The molecule has 0 aromatic heterocycles. The lowest BCUT2D eigenvalue weighted by molar-refractivity contribution is 0.338. The molecule has 2 rings (SSSR count). The smallest absolute Gasteiger partial charge is 0.0383 e. The molecule has 0 amide bonds. The maximum atomic E-state index is 2.43. The van der Waals surface area contributed by atoms with Crippen molar-refractivity contribution in [1.82, 2.24) is 0 Å². The van der Waals surface area contributed by atoms with Gasteiger partial charge in [-0.15, -0.1) is 0 Å². The van der Waals surface area contributed by atoms with Crippen molar-refractivity contribution in [2.24, 2.45) is 17.8 Å². The monoisotopic (exact) mass is 152 g/mol. The van der Waals surface area contributed by atoms with Gasteiger partial charge in [-0.25, -0.2) is 0 Å². The summed E-state index contributed by atoms with van der Waals surface area (Å²) in [4.78, 5) is 0. The van der Waals surface area contributed by atoms with Gasteiger partial charge in [0.05, 0.1) is 0 Å². The number of hydrogen-bond acceptors (Lipinski definition) is 0. The molecule has 2 fully saturated rings. The molecule has 0 bridgehead atoms. The van der Waals surface area contributed by atoms with E-state index in [1.807, 2.05) is 0 Å². The lowest BCUT2D eigenvalue weighted by atomic mass is 9.89. The maximum absolute atomic E-state index is 2.43. The van der Waals surface area contributed by atoms with E-state index in [1.54, 1.807) is 25.7 Å².